The summed E-state index contributed by atoms with van der Waals surface area (Å²) in [6, 6.07) is 14.2. The third kappa shape index (κ3) is 6.08. The summed E-state index contributed by atoms with van der Waals surface area (Å²) in [6.07, 6.45) is 4.37. The number of phenols is 1. The normalized spacial score (nSPS) is 15.1. The number of anilines is 1. The van der Waals surface area contributed by atoms with Gasteiger partial charge in [-0.25, -0.2) is 0 Å². The van der Waals surface area contributed by atoms with Crippen molar-refractivity contribution < 1.29 is 14.7 Å². The summed E-state index contributed by atoms with van der Waals surface area (Å²) in [5.74, 6) is -0.280. The van der Waals surface area contributed by atoms with Gasteiger partial charge in [0.2, 0.25) is 5.91 Å². The summed E-state index contributed by atoms with van der Waals surface area (Å²) >= 11 is 12.6. The van der Waals surface area contributed by atoms with Crippen LogP contribution in [0.5, 0.6) is 5.75 Å². The minimum absolute atomic E-state index is 0.0225. The summed E-state index contributed by atoms with van der Waals surface area (Å²) in [4.78, 5) is 26.9. The van der Waals surface area contributed by atoms with Crippen molar-refractivity contribution in [1.82, 2.24) is 4.90 Å². The van der Waals surface area contributed by atoms with Gasteiger partial charge in [-0.05, 0) is 42.7 Å². The molecule has 8 heteroatoms. The molecule has 0 aromatic heterocycles. The molecule has 1 aliphatic heterocycles. The van der Waals surface area contributed by atoms with Crippen molar-refractivity contribution in [1.29, 1.82) is 0 Å². The number of hydrogen-bond donors (Lipinski definition) is 2. The number of amides is 2. The van der Waals surface area contributed by atoms with E-state index in [1.165, 1.54) is 23.9 Å². The van der Waals surface area contributed by atoms with Crippen LogP contribution >= 0.6 is 35.6 Å². The Labute approximate surface area is 190 Å². The number of hydrogen-bond acceptors (Lipinski definition) is 5. The molecule has 1 saturated heterocycles. The summed E-state index contributed by atoms with van der Waals surface area (Å²) in [6.45, 7) is 0.535. The maximum absolute atomic E-state index is 12.6. The minimum atomic E-state index is -0.191. The SMILES string of the molecule is O=C(CCCCCN1C(=O)C(=Cc2ccccc2)SC1=S)Nc1cc(Cl)ccc1O. The lowest BCUT2D eigenvalue weighted by Gasteiger charge is -2.14. The molecule has 2 N–H and O–H groups in total. The molecule has 0 radical (unpaired) electrons. The Hall–Kier alpha value is -2.35. The van der Waals surface area contributed by atoms with E-state index < -0.39 is 0 Å². The highest BCUT2D eigenvalue weighted by molar-refractivity contribution is 8.26. The van der Waals surface area contributed by atoms with E-state index in [1.807, 2.05) is 36.4 Å². The Kier molecular flexibility index (Phi) is 7.90. The maximum Gasteiger partial charge on any atom is 0.266 e. The molecule has 1 heterocycles. The quantitative estimate of drug-likeness (QED) is 0.237. The topological polar surface area (TPSA) is 69.6 Å². The van der Waals surface area contributed by atoms with Gasteiger partial charge in [0.05, 0.1) is 10.6 Å². The van der Waals surface area contributed by atoms with E-state index in [4.69, 9.17) is 23.8 Å². The van der Waals surface area contributed by atoms with Gasteiger partial charge in [0, 0.05) is 18.0 Å². The monoisotopic (exact) mass is 460 g/mol. The Balaban J connectivity index is 1.41. The van der Waals surface area contributed by atoms with Crippen LogP contribution < -0.4 is 5.32 Å². The second-order valence-electron chi connectivity index (χ2n) is 6.76. The largest absolute Gasteiger partial charge is 0.506 e. The average Bonchev–Trinajstić information content (AvgIpc) is 2.98. The zero-order valence-corrected chi connectivity index (χ0v) is 18.5. The van der Waals surface area contributed by atoms with Crippen molar-refractivity contribution in [3.63, 3.8) is 0 Å². The minimum Gasteiger partial charge on any atom is -0.506 e. The number of nitrogens with one attached hydrogen (secondary N) is 1. The highest BCUT2D eigenvalue weighted by atomic mass is 35.5. The maximum atomic E-state index is 12.6. The van der Waals surface area contributed by atoms with Crippen LogP contribution in [0.1, 0.15) is 31.2 Å². The number of unbranched alkanes of at least 4 members (excludes halogenated alkanes) is 2. The lowest BCUT2D eigenvalue weighted by molar-refractivity contribution is -0.122. The summed E-state index contributed by atoms with van der Waals surface area (Å²) in [5, 5.41) is 12.8. The number of phenolic OH excluding ortho intramolecular Hbond substituents is 1. The Morgan fingerprint density at radius 1 is 1.17 bits per heavy atom. The van der Waals surface area contributed by atoms with Crippen molar-refractivity contribution >= 4 is 63.5 Å². The molecule has 5 nitrogen and oxygen atoms in total. The number of nitrogens with zero attached hydrogens (tertiary/aromatic N) is 1. The van der Waals surface area contributed by atoms with E-state index in [1.54, 1.807) is 11.0 Å². The molecule has 156 valence electrons. The van der Waals surface area contributed by atoms with E-state index in [0.717, 1.165) is 18.4 Å². The number of thiocarbonyl (C=S) groups is 1. The first kappa shape index (κ1) is 22.3. The van der Waals surface area contributed by atoms with Crippen LogP contribution in [0.25, 0.3) is 6.08 Å². The molecule has 2 amide bonds. The fourth-order valence-corrected chi connectivity index (χ4v) is 4.43. The molecule has 2 aromatic carbocycles. The molecule has 0 unspecified atom stereocenters. The van der Waals surface area contributed by atoms with Crippen molar-refractivity contribution in [3.8, 4) is 5.75 Å². The number of benzene rings is 2. The van der Waals surface area contributed by atoms with Gasteiger partial charge in [-0.3, -0.25) is 14.5 Å². The fourth-order valence-electron chi connectivity index (χ4n) is 2.95. The Morgan fingerprint density at radius 2 is 1.93 bits per heavy atom. The van der Waals surface area contributed by atoms with E-state index in [-0.39, 0.29) is 17.6 Å². The summed E-state index contributed by atoms with van der Waals surface area (Å²) < 4.78 is 0.566. The molecule has 2 aromatic rings. The van der Waals surface area contributed by atoms with Crippen LogP contribution in [0.15, 0.2) is 53.4 Å². The number of thioether (sulfide) groups is 1. The van der Waals surface area contributed by atoms with Crippen LogP contribution in [0.2, 0.25) is 5.02 Å². The molecular formula is C22H21ClN2O3S2. The first-order chi connectivity index (χ1) is 14.4. The molecule has 3 rings (SSSR count). The molecule has 1 fully saturated rings. The zero-order valence-electron chi connectivity index (χ0n) is 16.1. The highest BCUT2D eigenvalue weighted by Gasteiger charge is 2.31. The second-order valence-corrected chi connectivity index (χ2v) is 8.88. The van der Waals surface area contributed by atoms with Gasteiger partial charge in [0.25, 0.3) is 5.91 Å². The van der Waals surface area contributed by atoms with Crippen LogP contribution in [-0.4, -0.2) is 32.7 Å². The molecule has 0 spiro atoms. The third-order valence-corrected chi connectivity index (χ3v) is 6.10. The number of rotatable bonds is 8. The smallest absolute Gasteiger partial charge is 0.266 e. The first-order valence-corrected chi connectivity index (χ1v) is 11.1. The molecule has 30 heavy (non-hydrogen) atoms. The summed E-state index contributed by atoms with van der Waals surface area (Å²) in [5.41, 5.74) is 1.27. The molecular weight excluding hydrogens is 440 g/mol. The van der Waals surface area contributed by atoms with Gasteiger partial charge in [-0.1, -0.05) is 72.3 Å². The van der Waals surface area contributed by atoms with Crippen LogP contribution in [0.3, 0.4) is 0 Å². The van der Waals surface area contributed by atoms with E-state index in [2.05, 4.69) is 5.32 Å². The fraction of sp³-hybridized carbons (Fsp3) is 0.227. The van der Waals surface area contributed by atoms with E-state index in [0.29, 0.717) is 39.3 Å². The van der Waals surface area contributed by atoms with Gasteiger partial charge in [0.15, 0.2) is 0 Å². The van der Waals surface area contributed by atoms with E-state index >= 15 is 0 Å². The molecule has 0 aliphatic carbocycles. The Bertz CT molecular complexity index is 980. The zero-order chi connectivity index (χ0) is 21.5. The number of halogens is 1. The predicted molar refractivity (Wildman–Crippen MR) is 127 cm³/mol. The van der Waals surface area contributed by atoms with Gasteiger partial charge < -0.3 is 10.4 Å². The van der Waals surface area contributed by atoms with Crippen LogP contribution in [0, 0.1) is 0 Å². The lowest BCUT2D eigenvalue weighted by atomic mass is 10.1. The molecule has 0 bridgehead atoms. The lowest BCUT2D eigenvalue weighted by Crippen LogP contribution is -2.29. The third-order valence-electron chi connectivity index (χ3n) is 4.49. The van der Waals surface area contributed by atoms with Gasteiger partial charge >= 0.3 is 0 Å². The van der Waals surface area contributed by atoms with Crippen LogP contribution in [-0.2, 0) is 9.59 Å². The number of aromatic hydroxyl groups is 1. The molecule has 0 saturated carbocycles. The van der Waals surface area contributed by atoms with Gasteiger partial charge in [0.1, 0.15) is 10.1 Å². The number of carbonyl (C=O) groups is 2. The first-order valence-electron chi connectivity index (χ1n) is 9.53. The van der Waals surface area contributed by atoms with Gasteiger partial charge in [-0.2, -0.15) is 0 Å². The van der Waals surface area contributed by atoms with Crippen LogP contribution in [0.4, 0.5) is 5.69 Å². The molecule has 1 aliphatic rings. The number of carbonyl (C=O) groups excluding carboxylic acids is 2. The van der Waals surface area contributed by atoms with Crippen molar-refractivity contribution in [2.75, 3.05) is 11.9 Å². The van der Waals surface area contributed by atoms with E-state index in [9.17, 15) is 14.7 Å². The standard InChI is InChI=1S/C22H21ClN2O3S2/c23-16-10-11-18(26)17(14-16)24-20(27)9-5-2-6-12-25-21(28)19(30-22(25)29)13-15-7-3-1-4-8-15/h1,3-4,7-8,10-11,13-14,26H,2,5-6,9,12H2,(H,24,27). The average molecular weight is 461 g/mol. The predicted octanol–water partition coefficient (Wildman–Crippen LogP) is 5.45. The van der Waals surface area contributed by atoms with Crippen molar-refractivity contribution in [2.24, 2.45) is 0 Å². The molecule has 0 atom stereocenters. The van der Waals surface area contributed by atoms with Gasteiger partial charge in [-0.15, -0.1) is 0 Å². The van der Waals surface area contributed by atoms with Crippen molar-refractivity contribution in [2.45, 2.75) is 25.7 Å². The second kappa shape index (κ2) is 10.6. The highest BCUT2D eigenvalue weighted by Crippen LogP contribution is 2.32. The van der Waals surface area contributed by atoms with Crippen molar-refractivity contribution in [3.05, 3.63) is 64.0 Å². The summed E-state index contributed by atoms with van der Waals surface area (Å²) in [7, 11) is 0. The Morgan fingerprint density at radius 3 is 2.70 bits per heavy atom.